The Morgan fingerprint density at radius 2 is 1.82 bits per heavy atom. The van der Waals surface area contributed by atoms with Crippen molar-refractivity contribution in [1.29, 1.82) is 0 Å². The summed E-state index contributed by atoms with van der Waals surface area (Å²) in [6.07, 6.45) is 0. The van der Waals surface area contributed by atoms with E-state index in [1.54, 1.807) is 12.1 Å². The molecular weight excluding hydrogens is 486 g/mol. The summed E-state index contributed by atoms with van der Waals surface area (Å²) in [7, 11) is 4.58. The van der Waals surface area contributed by atoms with E-state index in [9.17, 15) is 14.9 Å². The summed E-state index contributed by atoms with van der Waals surface area (Å²) >= 11 is 7.00. The topological polar surface area (TPSA) is 131 Å². The van der Waals surface area contributed by atoms with Crippen LogP contribution >= 0.6 is 23.4 Å². The number of ether oxygens (including phenoxy) is 3. The maximum absolute atomic E-state index is 12.4. The van der Waals surface area contributed by atoms with E-state index in [1.165, 1.54) is 51.3 Å². The van der Waals surface area contributed by atoms with Crippen LogP contribution in [0, 0.1) is 10.1 Å². The van der Waals surface area contributed by atoms with Crippen molar-refractivity contribution in [2.24, 2.45) is 0 Å². The molecule has 3 rings (SSSR count). The van der Waals surface area contributed by atoms with Crippen LogP contribution in [0.15, 0.2) is 35.5 Å². The predicted molar refractivity (Wildman–Crippen MR) is 128 cm³/mol. The number of hydrogen-bond donors (Lipinski definition) is 1. The highest BCUT2D eigenvalue weighted by molar-refractivity contribution is 7.99. The Labute approximate surface area is 204 Å². The molecule has 0 saturated carbocycles. The van der Waals surface area contributed by atoms with Gasteiger partial charge in [-0.3, -0.25) is 14.9 Å². The fourth-order valence-electron chi connectivity index (χ4n) is 3.16. The molecule has 0 atom stereocenters. The molecule has 1 N–H and O–H groups in total. The number of hydrogen-bond acceptors (Lipinski definition) is 9. The van der Waals surface area contributed by atoms with Crippen LogP contribution in [0.5, 0.6) is 17.2 Å². The largest absolute Gasteiger partial charge is 0.493 e. The highest BCUT2D eigenvalue weighted by atomic mass is 35.5. The normalized spacial score (nSPS) is 10.6. The number of thioether (sulfide) groups is 1. The first-order chi connectivity index (χ1) is 16.3. The molecule has 0 radical (unpaired) electrons. The zero-order chi connectivity index (χ0) is 24.8. The first kappa shape index (κ1) is 25.1. The second-order valence-corrected chi connectivity index (χ2v) is 8.07. The molecule has 0 unspecified atom stereocenters. The quantitative estimate of drug-likeness (QED) is 0.242. The van der Waals surface area contributed by atoms with Crippen LogP contribution in [0.2, 0.25) is 5.02 Å². The van der Waals surface area contributed by atoms with Gasteiger partial charge in [-0.05, 0) is 31.2 Å². The number of nitro benzene ring substituents is 1. The number of rotatable bonds is 10. The zero-order valence-corrected chi connectivity index (χ0v) is 20.4. The molecule has 1 amide bonds. The van der Waals surface area contributed by atoms with Gasteiger partial charge >= 0.3 is 0 Å². The smallest absolute Gasteiger partial charge is 0.289 e. The van der Waals surface area contributed by atoms with E-state index in [0.29, 0.717) is 40.3 Å². The van der Waals surface area contributed by atoms with Crippen LogP contribution < -0.4 is 19.5 Å². The van der Waals surface area contributed by atoms with Gasteiger partial charge in [0.1, 0.15) is 5.02 Å². The molecular formula is C21H22ClN5O6S. The van der Waals surface area contributed by atoms with E-state index < -0.39 is 4.92 Å². The van der Waals surface area contributed by atoms with E-state index >= 15 is 0 Å². The molecule has 13 heteroatoms. The third-order valence-electron chi connectivity index (χ3n) is 4.71. The van der Waals surface area contributed by atoms with Crippen LogP contribution in [0.3, 0.4) is 0 Å². The standard InChI is InChI=1S/C21H22ClN5O6S/c1-5-26-20(12-8-16(31-2)19(33-4)17(9-12)32-3)24-25-21(26)34-11-18(28)23-13-6-7-14(22)15(10-13)27(29)30/h6-10H,5,11H2,1-4H3,(H,23,28). The fourth-order valence-corrected chi connectivity index (χ4v) is 4.15. The number of nitro groups is 1. The molecule has 1 aromatic heterocycles. The van der Waals surface area contributed by atoms with Crippen LogP contribution in [-0.2, 0) is 11.3 Å². The van der Waals surface area contributed by atoms with Gasteiger partial charge < -0.3 is 24.1 Å². The Kier molecular flexibility index (Phi) is 8.18. The van der Waals surface area contributed by atoms with E-state index in [0.717, 1.165) is 0 Å². The van der Waals surface area contributed by atoms with E-state index in [4.69, 9.17) is 25.8 Å². The number of aromatic nitrogens is 3. The molecule has 0 aliphatic rings. The van der Waals surface area contributed by atoms with Gasteiger partial charge in [0, 0.05) is 23.9 Å². The van der Waals surface area contributed by atoms with Crippen molar-refractivity contribution in [2.45, 2.75) is 18.6 Å². The van der Waals surface area contributed by atoms with Crippen molar-refractivity contribution in [2.75, 3.05) is 32.4 Å². The summed E-state index contributed by atoms with van der Waals surface area (Å²) in [5.41, 5.74) is 0.693. The van der Waals surface area contributed by atoms with Gasteiger partial charge in [-0.2, -0.15) is 0 Å². The first-order valence-corrected chi connectivity index (χ1v) is 11.3. The summed E-state index contributed by atoms with van der Waals surface area (Å²) in [6, 6.07) is 7.61. The van der Waals surface area contributed by atoms with Gasteiger partial charge in [0.05, 0.1) is 32.0 Å². The van der Waals surface area contributed by atoms with Gasteiger partial charge in [-0.1, -0.05) is 23.4 Å². The summed E-state index contributed by atoms with van der Waals surface area (Å²) in [5, 5.41) is 22.7. The lowest BCUT2D eigenvalue weighted by Gasteiger charge is -2.14. The molecule has 180 valence electrons. The SMILES string of the molecule is CCn1c(SCC(=O)Nc2ccc(Cl)c([N+](=O)[O-])c2)nnc1-c1cc(OC)c(OC)c(OC)c1. The summed E-state index contributed by atoms with van der Waals surface area (Å²) in [5.74, 6) is 1.65. The van der Waals surface area contributed by atoms with E-state index in [1.807, 2.05) is 11.5 Å². The lowest BCUT2D eigenvalue weighted by Crippen LogP contribution is -2.14. The van der Waals surface area contributed by atoms with Crippen molar-refractivity contribution < 1.29 is 23.9 Å². The first-order valence-electron chi connectivity index (χ1n) is 9.93. The van der Waals surface area contributed by atoms with Crippen molar-refractivity contribution in [3.63, 3.8) is 0 Å². The van der Waals surface area contributed by atoms with Crippen LogP contribution in [0.1, 0.15) is 6.92 Å². The number of benzene rings is 2. The van der Waals surface area contributed by atoms with Crippen molar-refractivity contribution >= 4 is 40.6 Å². The minimum Gasteiger partial charge on any atom is -0.493 e. The minimum absolute atomic E-state index is 0.00672. The number of halogens is 1. The number of anilines is 1. The van der Waals surface area contributed by atoms with Gasteiger partial charge in [-0.25, -0.2) is 0 Å². The highest BCUT2D eigenvalue weighted by Crippen LogP contribution is 2.41. The molecule has 0 spiro atoms. The molecule has 34 heavy (non-hydrogen) atoms. The van der Waals surface area contributed by atoms with Crippen molar-refractivity contribution in [1.82, 2.24) is 14.8 Å². The number of carbonyl (C=O) groups excluding carboxylic acids is 1. The van der Waals surface area contributed by atoms with Gasteiger partial charge in [0.15, 0.2) is 22.5 Å². The Morgan fingerprint density at radius 3 is 2.38 bits per heavy atom. The average molecular weight is 508 g/mol. The van der Waals surface area contributed by atoms with Crippen molar-refractivity contribution in [3.05, 3.63) is 45.5 Å². The second-order valence-electron chi connectivity index (χ2n) is 6.72. The Hall–Kier alpha value is -3.51. The fraction of sp³-hybridized carbons (Fsp3) is 0.286. The third-order valence-corrected chi connectivity index (χ3v) is 6.00. The minimum atomic E-state index is -0.610. The molecule has 3 aromatic rings. The lowest BCUT2D eigenvalue weighted by molar-refractivity contribution is -0.384. The Balaban J connectivity index is 1.78. The van der Waals surface area contributed by atoms with Gasteiger partial charge in [0.2, 0.25) is 11.7 Å². The monoisotopic (exact) mass is 507 g/mol. The number of carbonyl (C=O) groups is 1. The number of amides is 1. The maximum atomic E-state index is 12.4. The lowest BCUT2D eigenvalue weighted by atomic mass is 10.1. The second kappa shape index (κ2) is 11.1. The molecule has 0 fully saturated rings. The highest BCUT2D eigenvalue weighted by Gasteiger charge is 2.20. The third kappa shape index (κ3) is 5.34. The molecule has 0 saturated heterocycles. The predicted octanol–water partition coefficient (Wildman–Crippen LogP) is 4.28. The molecule has 2 aromatic carbocycles. The van der Waals surface area contributed by atoms with E-state index in [2.05, 4.69) is 15.5 Å². The number of nitrogens with one attached hydrogen (secondary N) is 1. The van der Waals surface area contributed by atoms with Crippen LogP contribution in [0.4, 0.5) is 11.4 Å². The van der Waals surface area contributed by atoms with Crippen molar-refractivity contribution in [3.8, 4) is 28.6 Å². The maximum Gasteiger partial charge on any atom is 0.289 e. The van der Waals surface area contributed by atoms with Gasteiger partial charge in [0.25, 0.3) is 5.69 Å². The molecule has 1 heterocycles. The molecule has 11 nitrogen and oxygen atoms in total. The number of nitrogens with zero attached hydrogens (tertiary/aromatic N) is 4. The Bertz CT molecular complexity index is 1190. The number of methoxy groups -OCH3 is 3. The molecule has 0 bridgehead atoms. The zero-order valence-electron chi connectivity index (χ0n) is 18.8. The Morgan fingerprint density at radius 1 is 1.15 bits per heavy atom. The molecule has 0 aliphatic heterocycles. The van der Waals surface area contributed by atoms with E-state index in [-0.39, 0.29) is 28.1 Å². The van der Waals surface area contributed by atoms with Gasteiger partial charge in [-0.15, -0.1) is 10.2 Å². The summed E-state index contributed by atoms with van der Waals surface area (Å²) in [4.78, 5) is 22.9. The summed E-state index contributed by atoms with van der Waals surface area (Å²) < 4.78 is 18.1. The van der Waals surface area contributed by atoms with Crippen LogP contribution in [-0.4, -0.2) is 52.7 Å². The molecule has 0 aliphatic carbocycles. The van der Waals surface area contributed by atoms with Crippen LogP contribution in [0.25, 0.3) is 11.4 Å². The average Bonchev–Trinajstić information content (AvgIpc) is 3.25. The summed E-state index contributed by atoms with van der Waals surface area (Å²) in [6.45, 7) is 2.48.